The van der Waals surface area contributed by atoms with E-state index >= 15 is 0 Å². The minimum absolute atomic E-state index is 0.131. The van der Waals surface area contributed by atoms with Gasteiger partial charge in [0.1, 0.15) is 0 Å². The highest BCUT2D eigenvalue weighted by atomic mass is 16.4. The van der Waals surface area contributed by atoms with Crippen LogP contribution in [0, 0.1) is 12.8 Å². The second-order valence-corrected chi connectivity index (χ2v) is 7.40. The molecule has 0 saturated carbocycles. The number of rotatable bonds is 4. The van der Waals surface area contributed by atoms with Gasteiger partial charge in [0, 0.05) is 13.1 Å². The van der Waals surface area contributed by atoms with Crippen LogP contribution in [0.3, 0.4) is 0 Å². The van der Waals surface area contributed by atoms with Crippen molar-refractivity contribution in [1.29, 1.82) is 0 Å². The van der Waals surface area contributed by atoms with Crippen LogP contribution in [0.15, 0.2) is 53.3 Å². The van der Waals surface area contributed by atoms with Crippen LogP contribution in [0.2, 0.25) is 0 Å². The molecule has 2 aromatic carbocycles. The molecular formula is C22H23N3O3. The Hall–Kier alpha value is -3.15. The topological polar surface area (TPSA) is 75.4 Å². The minimum Gasteiger partial charge on any atom is -0.481 e. The predicted octanol–water partition coefficient (Wildman–Crippen LogP) is 3.05. The fourth-order valence-corrected chi connectivity index (χ4v) is 3.76. The highest BCUT2D eigenvalue weighted by Crippen LogP contribution is 2.22. The molecule has 2 heterocycles. The van der Waals surface area contributed by atoms with Crippen LogP contribution in [-0.4, -0.2) is 33.7 Å². The van der Waals surface area contributed by atoms with E-state index in [1.807, 2.05) is 60.4 Å². The van der Waals surface area contributed by atoms with Gasteiger partial charge in [-0.2, -0.15) is 0 Å². The number of para-hydroxylation sites is 2. The maximum Gasteiger partial charge on any atom is 0.306 e. The van der Waals surface area contributed by atoms with Crippen molar-refractivity contribution >= 4 is 22.8 Å². The molecule has 3 aromatic rings. The molecule has 0 unspecified atom stereocenters. The third-order valence-corrected chi connectivity index (χ3v) is 5.44. The first-order valence-corrected chi connectivity index (χ1v) is 9.56. The fourth-order valence-electron chi connectivity index (χ4n) is 3.76. The molecule has 6 heteroatoms. The Morgan fingerprint density at radius 3 is 2.46 bits per heavy atom. The summed E-state index contributed by atoms with van der Waals surface area (Å²) < 4.78 is 1.77. The summed E-state index contributed by atoms with van der Waals surface area (Å²) in [5.74, 6) is -0.691. The molecular weight excluding hydrogens is 354 g/mol. The molecule has 1 N–H and O–H groups in total. The zero-order valence-corrected chi connectivity index (χ0v) is 15.8. The highest BCUT2D eigenvalue weighted by molar-refractivity contribution is 5.76. The van der Waals surface area contributed by atoms with Gasteiger partial charge in [0.2, 0.25) is 0 Å². The van der Waals surface area contributed by atoms with Crippen LogP contribution in [0.25, 0.3) is 11.0 Å². The number of carboxylic acids is 1. The first-order chi connectivity index (χ1) is 13.5. The normalized spacial score (nSPS) is 15.1. The Morgan fingerprint density at radius 1 is 1.11 bits per heavy atom. The molecule has 0 aliphatic carbocycles. The molecule has 0 bridgehead atoms. The van der Waals surface area contributed by atoms with Crippen LogP contribution in [-0.2, 0) is 11.3 Å². The zero-order chi connectivity index (χ0) is 19.7. The van der Waals surface area contributed by atoms with Gasteiger partial charge in [-0.25, -0.2) is 4.98 Å². The summed E-state index contributed by atoms with van der Waals surface area (Å²) in [5, 5.41) is 9.22. The molecule has 1 fully saturated rings. The lowest BCUT2D eigenvalue weighted by atomic mass is 9.97. The van der Waals surface area contributed by atoms with Crippen molar-refractivity contribution in [2.45, 2.75) is 26.3 Å². The quantitative estimate of drug-likeness (QED) is 0.756. The van der Waals surface area contributed by atoms with Crippen LogP contribution in [0.5, 0.6) is 0 Å². The van der Waals surface area contributed by atoms with E-state index in [0.29, 0.717) is 38.3 Å². The van der Waals surface area contributed by atoms with Crippen molar-refractivity contribution in [3.05, 3.63) is 70.0 Å². The lowest BCUT2D eigenvalue weighted by molar-refractivity contribution is -0.142. The summed E-state index contributed by atoms with van der Waals surface area (Å²) >= 11 is 0. The average molecular weight is 377 g/mol. The summed E-state index contributed by atoms with van der Waals surface area (Å²) in [6, 6.07) is 15.8. The van der Waals surface area contributed by atoms with E-state index < -0.39 is 5.97 Å². The van der Waals surface area contributed by atoms with Gasteiger partial charge in [0.15, 0.2) is 5.82 Å². The number of hydrogen-bond donors (Lipinski definition) is 1. The van der Waals surface area contributed by atoms with Gasteiger partial charge < -0.3 is 10.0 Å². The number of aromatic nitrogens is 2. The van der Waals surface area contributed by atoms with E-state index in [-0.39, 0.29) is 11.5 Å². The molecule has 0 amide bonds. The summed E-state index contributed by atoms with van der Waals surface area (Å²) in [7, 11) is 0. The van der Waals surface area contributed by atoms with Crippen LogP contribution < -0.4 is 10.5 Å². The van der Waals surface area contributed by atoms with Crippen molar-refractivity contribution in [1.82, 2.24) is 9.55 Å². The molecule has 0 spiro atoms. The number of benzene rings is 2. The molecule has 1 aromatic heterocycles. The highest BCUT2D eigenvalue weighted by Gasteiger charge is 2.27. The van der Waals surface area contributed by atoms with Gasteiger partial charge in [-0.3, -0.25) is 14.2 Å². The summed E-state index contributed by atoms with van der Waals surface area (Å²) in [4.78, 5) is 31.1. The number of aryl methyl sites for hydroxylation is 1. The average Bonchev–Trinajstić information content (AvgIpc) is 2.71. The van der Waals surface area contributed by atoms with Crippen molar-refractivity contribution in [2.75, 3.05) is 18.0 Å². The Labute approximate surface area is 163 Å². The summed E-state index contributed by atoms with van der Waals surface area (Å²) in [5.41, 5.74) is 3.67. The largest absolute Gasteiger partial charge is 0.481 e. The molecule has 28 heavy (non-hydrogen) atoms. The Balaban J connectivity index is 1.74. The van der Waals surface area contributed by atoms with Gasteiger partial charge in [-0.1, -0.05) is 42.0 Å². The maximum atomic E-state index is 13.3. The van der Waals surface area contributed by atoms with Gasteiger partial charge in [0.25, 0.3) is 5.56 Å². The molecule has 144 valence electrons. The van der Waals surface area contributed by atoms with E-state index in [2.05, 4.69) is 4.98 Å². The molecule has 1 aliphatic heterocycles. The van der Waals surface area contributed by atoms with Crippen molar-refractivity contribution in [3.63, 3.8) is 0 Å². The van der Waals surface area contributed by atoms with E-state index in [1.54, 1.807) is 4.57 Å². The molecule has 6 nitrogen and oxygen atoms in total. The predicted molar refractivity (Wildman–Crippen MR) is 109 cm³/mol. The van der Waals surface area contributed by atoms with Crippen molar-refractivity contribution < 1.29 is 9.90 Å². The van der Waals surface area contributed by atoms with E-state index in [0.717, 1.165) is 16.6 Å². The molecule has 1 saturated heterocycles. The van der Waals surface area contributed by atoms with Gasteiger partial charge in [-0.15, -0.1) is 0 Å². The van der Waals surface area contributed by atoms with Gasteiger partial charge in [0.05, 0.1) is 23.5 Å². The number of hydrogen-bond acceptors (Lipinski definition) is 4. The maximum absolute atomic E-state index is 13.3. The monoisotopic (exact) mass is 377 g/mol. The van der Waals surface area contributed by atoms with Crippen LogP contribution in [0.1, 0.15) is 24.0 Å². The Morgan fingerprint density at radius 2 is 1.79 bits per heavy atom. The number of nitrogens with zero attached hydrogens (tertiary/aromatic N) is 3. The fraction of sp³-hybridized carbons (Fsp3) is 0.318. The van der Waals surface area contributed by atoms with Crippen LogP contribution in [0.4, 0.5) is 5.82 Å². The summed E-state index contributed by atoms with van der Waals surface area (Å²) in [6.07, 6.45) is 1.06. The van der Waals surface area contributed by atoms with Crippen LogP contribution >= 0.6 is 0 Å². The lowest BCUT2D eigenvalue weighted by Crippen LogP contribution is -2.41. The first kappa shape index (κ1) is 18.2. The summed E-state index contributed by atoms with van der Waals surface area (Å²) in [6.45, 7) is 3.57. The number of carboxylic acid groups (broad SMARTS) is 1. The smallest absolute Gasteiger partial charge is 0.306 e. The number of anilines is 1. The number of piperidine rings is 1. The lowest BCUT2D eigenvalue weighted by Gasteiger charge is -2.31. The molecule has 1 aliphatic rings. The van der Waals surface area contributed by atoms with Crippen molar-refractivity contribution in [2.24, 2.45) is 5.92 Å². The standard InChI is InChI=1S/C22H23N3O3/c1-15-6-8-16(9-7-15)14-25-19-5-3-2-4-18(19)23-20(21(25)26)24-12-10-17(11-13-24)22(27)28/h2-9,17H,10-14H2,1H3,(H,27,28). The molecule has 0 atom stereocenters. The zero-order valence-electron chi connectivity index (χ0n) is 15.8. The second-order valence-electron chi connectivity index (χ2n) is 7.40. The SMILES string of the molecule is Cc1ccc(Cn2c(=O)c(N3CCC(C(=O)O)CC3)nc3ccccc32)cc1. The number of fused-ring (bicyclic) bond motifs is 1. The van der Waals surface area contributed by atoms with Crippen molar-refractivity contribution in [3.8, 4) is 0 Å². The Kier molecular flexibility index (Phi) is 4.86. The third kappa shape index (κ3) is 3.50. The van der Waals surface area contributed by atoms with E-state index in [1.165, 1.54) is 5.56 Å². The molecule has 0 radical (unpaired) electrons. The minimum atomic E-state index is -0.761. The Bertz CT molecular complexity index is 1060. The second kappa shape index (κ2) is 7.46. The van der Waals surface area contributed by atoms with Gasteiger partial charge in [-0.05, 0) is 37.5 Å². The molecule has 4 rings (SSSR count). The third-order valence-electron chi connectivity index (χ3n) is 5.44. The van der Waals surface area contributed by atoms with Gasteiger partial charge >= 0.3 is 5.97 Å². The van der Waals surface area contributed by atoms with E-state index in [4.69, 9.17) is 0 Å². The first-order valence-electron chi connectivity index (χ1n) is 9.56. The number of carbonyl (C=O) groups is 1. The number of aliphatic carboxylic acids is 1. The van der Waals surface area contributed by atoms with E-state index in [9.17, 15) is 14.7 Å².